The summed E-state index contributed by atoms with van der Waals surface area (Å²) in [5, 5.41) is 0. The average Bonchev–Trinajstić information content (AvgIpc) is 2.30. The highest BCUT2D eigenvalue weighted by molar-refractivity contribution is 7.48. The molecule has 0 aromatic rings. The Bertz CT molecular complexity index is 225. The molecule has 0 atom stereocenters. The van der Waals surface area contributed by atoms with Crippen molar-refractivity contribution >= 4 is 7.82 Å². The fourth-order valence-electron chi connectivity index (χ4n) is 1.12. The normalized spacial score (nSPS) is 12.6. The number of hydrogen-bond donors (Lipinski definition) is 0. The predicted octanol–water partition coefficient (Wildman–Crippen LogP) is 4.65. The number of phosphoric acid groups is 1. The van der Waals surface area contributed by atoms with Gasteiger partial charge < -0.3 is 0 Å². The molecule has 5 heteroatoms. The molecular weight excluding hydrogens is 251 g/mol. The maximum Gasteiger partial charge on any atom is 0.474 e. The van der Waals surface area contributed by atoms with Crippen LogP contribution in [0.4, 0.5) is 0 Å². The van der Waals surface area contributed by atoms with Gasteiger partial charge in [0.25, 0.3) is 0 Å². The smallest absolute Gasteiger partial charge is 0.287 e. The molecule has 0 heterocycles. The maximum absolute atomic E-state index is 12.3. The first-order chi connectivity index (χ1) is 8.39. The van der Waals surface area contributed by atoms with E-state index in [-0.39, 0.29) is 0 Å². The largest absolute Gasteiger partial charge is 0.474 e. The van der Waals surface area contributed by atoms with Gasteiger partial charge in [-0.05, 0) is 18.3 Å². The summed E-state index contributed by atoms with van der Waals surface area (Å²) in [5.41, 5.74) is 0. The number of rotatable bonds is 11. The van der Waals surface area contributed by atoms with Crippen molar-refractivity contribution in [3.63, 3.8) is 0 Å². The van der Waals surface area contributed by atoms with Crippen LogP contribution >= 0.6 is 7.82 Å². The lowest BCUT2D eigenvalue weighted by molar-refractivity contribution is 0.0945. The standard InChI is InChI=1S/C13H29O4P/c1-6-7-8-9-15-18(14,16-10-12(2)3)17-11-13(4)5/h12-13H,6-11H2,1-5H3. The second-order valence-electron chi connectivity index (χ2n) is 5.37. The average molecular weight is 280 g/mol. The van der Waals surface area contributed by atoms with Crippen LogP contribution in [0.1, 0.15) is 53.9 Å². The Morgan fingerprint density at radius 2 is 1.39 bits per heavy atom. The van der Waals surface area contributed by atoms with Gasteiger partial charge in [0.05, 0.1) is 19.8 Å². The monoisotopic (exact) mass is 280 g/mol. The van der Waals surface area contributed by atoms with Gasteiger partial charge in [-0.3, -0.25) is 13.6 Å². The highest BCUT2D eigenvalue weighted by Crippen LogP contribution is 2.50. The molecule has 0 aliphatic heterocycles. The van der Waals surface area contributed by atoms with Crippen LogP contribution in [-0.2, 0) is 18.1 Å². The number of unbranched alkanes of at least 4 members (excludes halogenated alkanes) is 2. The molecule has 0 aliphatic carbocycles. The van der Waals surface area contributed by atoms with Gasteiger partial charge in [-0.25, -0.2) is 4.57 Å². The quantitative estimate of drug-likeness (QED) is 0.408. The molecule has 0 aliphatic rings. The zero-order chi connectivity index (χ0) is 14.0. The topological polar surface area (TPSA) is 44.8 Å². The lowest BCUT2D eigenvalue weighted by Gasteiger charge is -2.20. The van der Waals surface area contributed by atoms with Crippen molar-refractivity contribution in [2.75, 3.05) is 19.8 Å². The maximum atomic E-state index is 12.3. The highest BCUT2D eigenvalue weighted by atomic mass is 31.2. The molecule has 0 amide bonds. The molecule has 0 aromatic carbocycles. The first-order valence-electron chi connectivity index (χ1n) is 6.93. The Balaban J connectivity index is 4.16. The summed E-state index contributed by atoms with van der Waals surface area (Å²) < 4.78 is 28.3. The van der Waals surface area contributed by atoms with E-state index in [1.165, 1.54) is 0 Å². The van der Waals surface area contributed by atoms with E-state index in [0.717, 1.165) is 19.3 Å². The van der Waals surface area contributed by atoms with Crippen molar-refractivity contribution in [2.45, 2.75) is 53.9 Å². The predicted molar refractivity (Wildman–Crippen MR) is 74.7 cm³/mol. The molecule has 0 saturated carbocycles. The Hall–Kier alpha value is 0.110. The molecule has 0 unspecified atom stereocenters. The summed E-state index contributed by atoms with van der Waals surface area (Å²) in [4.78, 5) is 0. The lowest BCUT2D eigenvalue weighted by Crippen LogP contribution is -2.09. The fraction of sp³-hybridized carbons (Fsp3) is 1.00. The molecule has 0 N–H and O–H groups in total. The van der Waals surface area contributed by atoms with Gasteiger partial charge in [0.1, 0.15) is 0 Å². The number of hydrogen-bond acceptors (Lipinski definition) is 4. The third kappa shape index (κ3) is 10.1. The van der Waals surface area contributed by atoms with E-state index in [2.05, 4.69) is 6.92 Å². The molecular formula is C13H29O4P. The minimum Gasteiger partial charge on any atom is -0.287 e. The Morgan fingerprint density at radius 3 is 1.78 bits per heavy atom. The van der Waals surface area contributed by atoms with Crippen molar-refractivity contribution in [3.05, 3.63) is 0 Å². The third-order valence-corrected chi connectivity index (χ3v) is 3.56. The van der Waals surface area contributed by atoms with Gasteiger partial charge in [-0.2, -0.15) is 0 Å². The fourth-order valence-corrected chi connectivity index (χ4v) is 2.66. The second kappa shape index (κ2) is 9.96. The van der Waals surface area contributed by atoms with Crippen LogP contribution in [0.2, 0.25) is 0 Å². The van der Waals surface area contributed by atoms with E-state index in [4.69, 9.17) is 13.6 Å². The molecule has 0 saturated heterocycles. The zero-order valence-corrected chi connectivity index (χ0v) is 13.4. The molecule has 4 nitrogen and oxygen atoms in total. The van der Waals surface area contributed by atoms with Gasteiger partial charge in [0, 0.05) is 0 Å². The van der Waals surface area contributed by atoms with Gasteiger partial charge >= 0.3 is 7.82 Å². The summed E-state index contributed by atoms with van der Waals surface area (Å²) in [6.45, 7) is 11.3. The van der Waals surface area contributed by atoms with Crippen LogP contribution < -0.4 is 0 Å². The molecule has 0 spiro atoms. The summed E-state index contributed by atoms with van der Waals surface area (Å²) in [7, 11) is -3.37. The lowest BCUT2D eigenvalue weighted by atomic mass is 10.2. The van der Waals surface area contributed by atoms with E-state index in [0.29, 0.717) is 31.7 Å². The first-order valence-corrected chi connectivity index (χ1v) is 8.39. The molecule has 0 radical (unpaired) electrons. The minimum atomic E-state index is -3.37. The zero-order valence-electron chi connectivity index (χ0n) is 12.5. The van der Waals surface area contributed by atoms with Crippen LogP contribution in [0.15, 0.2) is 0 Å². The van der Waals surface area contributed by atoms with Gasteiger partial charge in [0.2, 0.25) is 0 Å². The van der Waals surface area contributed by atoms with Crippen LogP contribution in [0.5, 0.6) is 0 Å². The van der Waals surface area contributed by atoms with E-state index in [1.54, 1.807) is 0 Å². The first kappa shape index (κ1) is 18.1. The van der Waals surface area contributed by atoms with Crippen LogP contribution in [-0.4, -0.2) is 19.8 Å². The van der Waals surface area contributed by atoms with E-state index in [1.807, 2.05) is 27.7 Å². The van der Waals surface area contributed by atoms with Crippen molar-refractivity contribution in [1.82, 2.24) is 0 Å². The van der Waals surface area contributed by atoms with Crippen LogP contribution in [0.3, 0.4) is 0 Å². The molecule has 0 bridgehead atoms. The van der Waals surface area contributed by atoms with Crippen molar-refractivity contribution < 1.29 is 18.1 Å². The van der Waals surface area contributed by atoms with Gasteiger partial charge in [-0.15, -0.1) is 0 Å². The number of phosphoric ester groups is 1. The van der Waals surface area contributed by atoms with Crippen LogP contribution in [0, 0.1) is 11.8 Å². The third-order valence-electron chi connectivity index (χ3n) is 2.13. The molecule has 0 rings (SSSR count). The second-order valence-corrected chi connectivity index (χ2v) is 7.04. The van der Waals surface area contributed by atoms with Crippen LogP contribution in [0.25, 0.3) is 0 Å². The minimum absolute atomic E-state index is 0.306. The Morgan fingerprint density at radius 1 is 0.889 bits per heavy atom. The van der Waals surface area contributed by atoms with E-state index in [9.17, 15) is 4.57 Å². The Kier molecular flexibility index (Phi) is 10.0. The molecule has 0 fully saturated rings. The van der Waals surface area contributed by atoms with E-state index >= 15 is 0 Å². The molecule has 0 aromatic heterocycles. The van der Waals surface area contributed by atoms with E-state index < -0.39 is 7.82 Å². The summed E-state index contributed by atoms with van der Waals surface area (Å²) >= 11 is 0. The molecule has 18 heavy (non-hydrogen) atoms. The Labute approximate surface area is 112 Å². The van der Waals surface area contributed by atoms with Gasteiger partial charge in [0.15, 0.2) is 0 Å². The van der Waals surface area contributed by atoms with Gasteiger partial charge in [-0.1, -0.05) is 47.5 Å². The molecule has 110 valence electrons. The SMILES string of the molecule is CCCCCOP(=O)(OCC(C)C)OCC(C)C. The van der Waals surface area contributed by atoms with Crippen molar-refractivity contribution in [2.24, 2.45) is 11.8 Å². The summed E-state index contributed by atoms with van der Waals surface area (Å²) in [5.74, 6) is 0.612. The van der Waals surface area contributed by atoms with Crippen molar-refractivity contribution in [1.29, 1.82) is 0 Å². The van der Waals surface area contributed by atoms with Crippen molar-refractivity contribution in [3.8, 4) is 0 Å². The summed E-state index contributed by atoms with van der Waals surface area (Å²) in [6.07, 6.45) is 3.05. The highest BCUT2D eigenvalue weighted by Gasteiger charge is 2.27. The summed E-state index contributed by atoms with van der Waals surface area (Å²) in [6, 6.07) is 0.